The Morgan fingerprint density at radius 1 is 1.20 bits per heavy atom. The summed E-state index contributed by atoms with van der Waals surface area (Å²) in [5.41, 5.74) is 2.75. The number of amides is 3. The molecule has 0 bridgehead atoms. The van der Waals surface area contributed by atoms with Crippen LogP contribution in [0.2, 0.25) is 5.02 Å². The number of nitrogens with one attached hydrogen (secondary N) is 1. The number of benzene rings is 1. The molecule has 1 saturated heterocycles. The number of hydrogen-bond donors (Lipinski definition) is 1. The molecule has 0 saturated carbocycles. The Morgan fingerprint density at radius 3 is 2.60 bits per heavy atom. The smallest absolute Gasteiger partial charge is 0.317 e. The number of nitrogens with zero attached hydrogens (tertiary/aromatic N) is 5. The van der Waals surface area contributed by atoms with Gasteiger partial charge in [-0.1, -0.05) is 23.7 Å². The van der Waals surface area contributed by atoms with Gasteiger partial charge in [0, 0.05) is 57.4 Å². The molecule has 0 aliphatic carbocycles. The van der Waals surface area contributed by atoms with E-state index in [0.29, 0.717) is 44.3 Å². The quantitative estimate of drug-likeness (QED) is 0.604. The molecule has 1 aromatic heterocycles. The topological polar surface area (TPSA) is 82.4 Å². The SMILES string of the molecule is CCNC(=O)N(CCN1CCOCC1)CC(=O)N1N=C(c2cccn2C)CC1c1ccc(Cl)cc1. The van der Waals surface area contributed by atoms with E-state index in [1.807, 2.05) is 61.1 Å². The van der Waals surface area contributed by atoms with Crippen molar-refractivity contribution in [2.75, 3.05) is 52.5 Å². The molecular weight excluding hydrogens is 468 g/mol. The first-order valence-corrected chi connectivity index (χ1v) is 12.4. The first-order valence-electron chi connectivity index (χ1n) is 12.1. The second-order valence-electron chi connectivity index (χ2n) is 8.77. The molecule has 2 aliphatic heterocycles. The van der Waals surface area contributed by atoms with Crippen LogP contribution in [-0.4, -0.2) is 89.5 Å². The van der Waals surface area contributed by atoms with E-state index in [-0.39, 0.29) is 24.5 Å². The number of carbonyl (C=O) groups excluding carboxylic acids is 2. The van der Waals surface area contributed by atoms with Crippen molar-refractivity contribution in [2.45, 2.75) is 19.4 Å². The van der Waals surface area contributed by atoms with Crippen molar-refractivity contribution in [3.05, 3.63) is 58.9 Å². The Bertz CT molecular complexity index is 1050. The molecule has 3 heterocycles. The van der Waals surface area contributed by atoms with Crippen LogP contribution in [0.3, 0.4) is 0 Å². The van der Waals surface area contributed by atoms with Crippen LogP contribution in [-0.2, 0) is 16.6 Å². The van der Waals surface area contributed by atoms with Gasteiger partial charge in [0.15, 0.2) is 0 Å². The molecule has 188 valence electrons. The van der Waals surface area contributed by atoms with Gasteiger partial charge in [0.2, 0.25) is 0 Å². The van der Waals surface area contributed by atoms with Crippen molar-refractivity contribution in [2.24, 2.45) is 12.1 Å². The van der Waals surface area contributed by atoms with Crippen LogP contribution in [0.15, 0.2) is 47.7 Å². The average Bonchev–Trinajstić information content (AvgIpc) is 3.49. The van der Waals surface area contributed by atoms with Gasteiger partial charge in [0.1, 0.15) is 6.54 Å². The highest BCUT2D eigenvalue weighted by atomic mass is 35.5. The summed E-state index contributed by atoms with van der Waals surface area (Å²) in [6.07, 6.45) is 2.54. The molecule has 3 amide bonds. The van der Waals surface area contributed by atoms with E-state index < -0.39 is 0 Å². The predicted molar refractivity (Wildman–Crippen MR) is 136 cm³/mol. The largest absolute Gasteiger partial charge is 0.379 e. The molecule has 1 aromatic carbocycles. The van der Waals surface area contributed by atoms with Crippen LogP contribution in [0, 0.1) is 0 Å². The van der Waals surface area contributed by atoms with Gasteiger partial charge in [-0.15, -0.1) is 0 Å². The number of aryl methyl sites for hydroxylation is 1. The molecule has 2 aromatic rings. The second-order valence-corrected chi connectivity index (χ2v) is 9.21. The minimum Gasteiger partial charge on any atom is -0.379 e. The first kappa shape index (κ1) is 25.2. The average molecular weight is 501 g/mol. The number of morpholine rings is 1. The van der Waals surface area contributed by atoms with E-state index in [1.165, 1.54) is 5.01 Å². The highest BCUT2D eigenvalue weighted by molar-refractivity contribution is 6.30. The van der Waals surface area contributed by atoms with Gasteiger partial charge in [0.25, 0.3) is 5.91 Å². The number of rotatable bonds is 8. The molecule has 0 radical (unpaired) electrons. The third-order valence-corrected chi connectivity index (χ3v) is 6.64. The molecular formula is C25H33ClN6O3. The van der Waals surface area contributed by atoms with Gasteiger partial charge in [-0.05, 0) is 36.8 Å². The van der Waals surface area contributed by atoms with Crippen molar-refractivity contribution in [3.8, 4) is 0 Å². The maximum Gasteiger partial charge on any atom is 0.317 e. The van der Waals surface area contributed by atoms with Crippen molar-refractivity contribution < 1.29 is 14.3 Å². The number of halogens is 1. The first-order chi connectivity index (χ1) is 17.0. The maximum atomic E-state index is 13.6. The van der Waals surface area contributed by atoms with Crippen LogP contribution in [0.4, 0.5) is 4.79 Å². The summed E-state index contributed by atoms with van der Waals surface area (Å²) in [5.74, 6) is -0.220. The summed E-state index contributed by atoms with van der Waals surface area (Å²) in [7, 11) is 1.96. The molecule has 4 rings (SSSR count). The summed E-state index contributed by atoms with van der Waals surface area (Å²) in [4.78, 5) is 30.2. The van der Waals surface area contributed by atoms with Crippen molar-refractivity contribution in [3.63, 3.8) is 0 Å². The third-order valence-electron chi connectivity index (χ3n) is 6.39. The van der Waals surface area contributed by atoms with Gasteiger partial charge < -0.3 is 19.5 Å². The minimum absolute atomic E-state index is 0.0514. The van der Waals surface area contributed by atoms with Gasteiger partial charge >= 0.3 is 6.03 Å². The van der Waals surface area contributed by atoms with Crippen molar-refractivity contribution in [1.29, 1.82) is 0 Å². The van der Waals surface area contributed by atoms with Crippen molar-refractivity contribution in [1.82, 2.24) is 24.7 Å². The highest BCUT2D eigenvalue weighted by Crippen LogP contribution is 2.33. The minimum atomic E-state index is -0.264. The van der Waals surface area contributed by atoms with Crippen LogP contribution >= 0.6 is 11.6 Å². The monoisotopic (exact) mass is 500 g/mol. The van der Waals surface area contributed by atoms with E-state index in [9.17, 15) is 9.59 Å². The summed E-state index contributed by atoms with van der Waals surface area (Å²) in [5, 5.41) is 9.75. The van der Waals surface area contributed by atoms with Gasteiger partial charge in [0.05, 0.1) is 30.7 Å². The summed E-state index contributed by atoms with van der Waals surface area (Å²) in [6.45, 7) is 6.47. The molecule has 1 fully saturated rings. The molecule has 9 nitrogen and oxygen atoms in total. The summed E-state index contributed by atoms with van der Waals surface area (Å²) in [6, 6.07) is 10.9. The van der Waals surface area contributed by atoms with E-state index in [0.717, 1.165) is 30.1 Å². The van der Waals surface area contributed by atoms with Gasteiger partial charge in [-0.3, -0.25) is 9.69 Å². The maximum absolute atomic E-state index is 13.6. The van der Waals surface area contributed by atoms with E-state index >= 15 is 0 Å². The van der Waals surface area contributed by atoms with Gasteiger partial charge in [-0.25, -0.2) is 9.80 Å². The number of ether oxygens (including phenoxy) is 1. The molecule has 35 heavy (non-hydrogen) atoms. The van der Waals surface area contributed by atoms with E-state index in [2.05, 4.69) is 10.2 Å². The molecule has 1 atom stereocenters. The van der Waals surface area contributed by atoms with E-state index in [1.54, 1.807) is 4.90 Å². The van der Waals surface area contributed by atoms with Crippen LogP contribution in [0.25, 0.3) is 0 Å². The number of hydrogen-bond acceptors (Lipinski definition) is 5. The lowest BCUT2D eigenvalue weighted by Gasteiger charge is -2.31. The lowest BCUT2D eigenvalue weighted by Crippen LogP contribution is -2.49. The van der Waals surface area contributed by atoms with Gasteiger partial charge in [-0.2, -0.15) is 5.10 Å². The lowest BCUT2D eigenvalue weighted by atomic mass is 10.0. The molecule has 10 heteroatoms. The van der Waals surface area contributed by atoms with Crippen LogP contribution < -0.4 is 5.32 Å². The zero-order valence-corrected chi connectivity index (χ0v) is 21.1. The number of carbonyl (C=O) groups is 2. The van der Waals surface area contributed by atoms with Crippen LogP contribution in [0.1, 0.15) is 30.6 Å². The fourth-order valence-corrected chi connectivity index (χ4v) is 4.56. The highest BCUT2D eigenvalue weighted by Gasteiger charge is 2.35. The normalized spacial score (nSPS) is 18.4. The number of aromatic nitrogens is 1. The zero-order chi connectivity index (χ0) is 24.8. The van der Waals surface area contributed by atoms with E-state index in [4.69, 9.17) is 21.4 Å². The Labute approximate surface area is 211 Å². The molecule has 1 N–H and O–H groups in total. The number of hydrazone groups is 1. The predicted octanol–water partition coefficient (Wildman–Crippen LogP) is 2.72. The molecule has 2 aliphatic rings. The van der Waals surface area contributed by atoms with Crippen LogP contribution in [0.5, 0.6) is 0 Å². The fourth-order valence-electron chi connectivity index (χ4n) is 4.44. The standard InChI is InChI=1S/C25H33ClN6O3/c1-3-27-25(34)31(12-11-30-13-15-35-16-14-30)18-24(33)32-23(19-6-8-20(26)9-7-19)17-21(28-32)22-5-4-10-29(22)2/h4-10,23H,3,11-18H2,1-2H3,(H,27,34). The zero-order valence-electron chi connectivity index (χ0n) is 20.3. The fraction of sp³-hybridized carbons (Fsp3) is 0.480. The van der Waals surface area contributed by atoms with Crippen molar-refractivity contribution >= 4 is 29.3 Å². The lowest BCUT2D eigenvalue weighted by molar-refractivity contribution is -0.133. The Balaban J connectivity index is 1.54. The molecule has 0 spiro atoms. The number of urea groups is 1. The third kappa shape index (κ3) is 6.22. The summed E-state index contributed by atoms with van der Waals surface area (Å²) < 4.78 is 7.41. The summed E-state index contributed by atoms with van der Waals surface area (Å²) >= 11 is 6.10. The Kier molecular flexibility index (Phi) is 8.43. The Hall–Kier alpha value is -2.88. The molecule has 1 unspecified atom stereocenters. The Morgan fingerprint density at radius 2 is 1.94 bits per heavy atom. The second kappa shape index (κ2) is 11.7.